The number of rotatable bonds is 4. The molecule has 0 fully saturated rings. The van der Waals surface area contributed by atoms with Crippen LogP contribution in [0.15, 0.2) is 36.7 Å². The lowest BCUT2D eigenvalue weighted by Crippen LogP contribution is -1.94. The van der Waals surface area contributed by atoms with Crippen LogP contribution in [0.4, 0.5) is 0 Å². The van der Waals surface area contributed by atoms with E-state index in [-0.39, 0.29) is 0 Å². The molecule has 84 valence electrons. The van der Waals surface area contributed by atoms with Crippen LogP contribution in [0.1, 0.15) is 11.1 Å². The second kappa shape index (κ2) is 5.16. The maximum atomic E-state index is 5.67. The van der Waals surface area contributed by atoms with E-state index in [0.717, 1.165) is 16.6 Å². The van der Waals surface area contributed by atoms with Crippen molar-refractivity contribution in [3.8, 4) is 5.75 Å². The minimum absolute atomic E-state index is 0.555. The minimum Gasteiger partial charge on any atom is -0.489 e. The molecule has 0 unspecified atom stereocenters. The van der Waals surface area contributed by atoms with Gasteiger partial charge in [0.05, 0.1) is 6.20 Å². The van der Waals surface area contributed by atoms with Crippen LogP contribution < -0.4 is 4.74 Å². The predicted octanol–water partition coefficient (Wildman–Crippen LogP) is 2.89. The van der Waals surface area contributed by atoms with E-state index in [1.54, 1.807) is 4.68 Å². The highest BCUT2D eigenvalue weighted by molar-refractivity contribution is 9.08. The molecule has 2 aromatic rings. The molecular weight excluding hydrogens is 268 g/mol. The molecule has 3 nitrogen and oxygen atoms in total. The summed E-state index contributed by atoms with van der Waals surface area (Å²) in [6.07, 6.45) is 3.77. The highest BCUT2D eigenvalue weighted by atomic mass is 79.9. The molecule has 0 radical (unpaired) electrons. The van der Waals surface area contributed by atoms with Crippen molar-refractivity contribution in [3.05, 3.63) is 47.8 Å². The van der Waals surface area contributed by atoms with E-state index in [4.69, 9.17) is 4.74 Å². The van der Waals surface area contributed by atoms with Crippen LogP contribution in [-0.2, 0) is 19.0 Å². The van der Waals surface area contributed by atoms with Gasteiger partial charge in [-0.15, -0.1) is 0 Å². The number of hydrogen-bond donors (Lipinski definition) is 0. The zero-order valence-electron chi connectivity index (χ0n) is 9.06. The predicted molar refractivity (Wildman–Crippen MR) is 66.6 cm³/mol. The van der Waals surface area contributed by atoms with Crippen LogP contribution in [0.25, 0.3) is 0 Å². The fraction of sp³-hybridized carbons (Fsp3) is 0.250. The Morgan fingerprint density at radius 1 is 1.38 bits per heavy atom. The quantitative estimate of drug-likeness (QED) is 0.806. The number of alkyl halides is 1. The van der Waals surface area contributed by atoms with Gasteiger partial charge in [-0.2, -0.15) is 5.10 Å². The molecule has 1 aromatic carbocycles. The number of hydrogen-bond acceptors (Lipinski definition) is 2. The molecule has 0 N–H and O–H groups in total. The van der Waals surface area contributed by atoms with Gasteiger partial charge < -0.3 is 4.74 Å². The summed E-state index contributed by atoms with van der Waals surface area (Å²) in [4.78, 5) is 0. The fourth-order valence-corrected chi connectivity index (χ4v) is 1.78. The van der Waals surface area contributed by atoms with Crippen LogP contribution >= 0.6 is 15.9 Å². The molecule has 0 amide bonds. The second-order valence-electron chi connectivity index (χ2n) is 3.59. The van der Waals surface area contributed by atoms with Crippen LogP contribution in [-0.4, -0.2) is 9.78 Å². The third-order valence-electron chi connectivity index (χ3n) is 2.22. The number of nitrogens with zero attached hydrogens (tertiary/aromatic N) is 2. The first-order chi connectivity index (χ1) is 7.78. The summed E-state index contributed by atoms with van der Waals surface area (Å²) in [5.41, 5.74) is 2.29. The van der Waals surface area contributed by atoms with E-state index < -0.39 is 0 Å². The van der Waals surface area contributed by atoms with E-state index in [1.807, 2.05) is 37.6 Å². The lowest BCUT2D eigenvalue weighted by molar-refractivity contribution is 0.306. The van der Waals surface area contributed by atoms with Gasteiger partial charge in [0.25, 0.3) is 0 Å². The first kappa shape index (κ1) is 11.2. The lowest BCUT2D eigenvalue weighted by atomic mass is 10.2. The van der Waals surface area contributed by atoms with E-state index in [0.29, 0.717) is 6.61 Å². The Morgan fingerprint density at radius 3 is 2.94 bits per heavy atom. The average molecular weight is 281 g/mol. The van der Waals surface area contributed by atoms with Gasteiger partial charge in [-0.05, 0) is 17.7 Å². The SMILES string of the molecule is Cn1cc(COc2cccc(CBr)c2)cn1. The Labute approximate surface area is 103 Å². The molecule has 0 aliphatic heterocycles. The minimum atomic E-state index is 0.555. The number of aryl methyl sites for hydroxylation is 1. The Hall–Kier alpha value is -1.29. The number of halogens is 1. The van der Waals surface area contributed by atoms with Crippen molar-refractivity contribution in [2.45, 2.75) is 11.9 Å². The third kappa shape index (κ3) is 2.85. The smallest absolute Gasteiger partial charge is 0.120 e. The summed E-state index contributed by atoms with van der Waals surface area (Å²) in [6.45, 7) is 0.555. The van der Waals surface area contributed by atoms with Gasteiger partial charge in [-0.1, -0.05) is 28.1 Å². The molecule has 16 heavy (non-hydrogen) atoms. The molecular formula is C12H13BrN2O. The van der Waals surface area contributed by atoms with Crippen molar-refractivity contribution in [3.63, 3.8) is 0 Å². The standard InChI is InChI=1S/C12H13BrN2O/c1-15-8-11(7-14-15)9-16-12-4-2-3-10(5-12)6-13/h2-5,7-8H,6,9H2,1H3. The maximum absolute atomic E-state index is 5.67. The van der Waals surface area contributed by atoms with Crippen LogP contribution in [0, 0.1) is 0 Å². The molecule has 1 aromatic heterocycles. The Bertz CT molecular complexity index is 468. The van der Waals surface area contributed by atoms with Crippen LogP contribution in [0.5, 0.6) is 5.75 Å². The largest absolute Gasteiger partial charge is 0.489 e. The molecule has 4 heteroatoms. The topological polar surface area (TPSA) is 27.1 Å². The zero-order valence-corrected chi connectivity index (χ0v) is 10.6. The molecule has 0 aliphatic rings. The van der Waals surface area contributed by atoms with Gasteiger partial charge in [-0.25, -0.2) is 0 Å². The normalized spacial score (nSPS) is 10.4. The molecule has 2 rings (SSSR count). The average Bonchev–Trinajstić information content (AvgIpc) is 2.73. The summed E-state index contributed by atoms with van der Waals surface area (Å²) in [7, 11) is 1.90. The van der Waals surface area contributed by atoms with Gasteiger partial charge in [-0.3, -0.25) is 4.68 Å². The molecule has 0 spiro atoms. The van der Waals surface area contributed by atoms with E-state index >= 15 is 0 Å². The zero-order chi connectivity index (χ0) is 11.4. The van der Waals surface area contributed by atoms with Crippen molar-refractivity contribution >= 4 is 15.9 Å². The highest BCUT2D eigenvalue weighted by Crippen LogP contribution is 2.16. The summed E-state index contributed by atoms with van der Waals surface area (Å²) in [6, 6.07) is 8.05. The van der Waals surface area contributed by atoms with E-state index in [2.05, 4.69) is 27.1 Å². The fourth-order valence-electron chi connectivity index (χ4n) is 1.43. The van der Waals surface area contributed by atoms with E-state index in [9.17, 15) is 0 Å². The monoisotopic (exact) mass is 280 g/mol. The first-order valence-corrected chi connectivity index (χ1v) is 6.15. The first-order valence-electron chi connectivity index (χ1n) is 5.03. The Morgan fingerprint density at radius 2 is 2.25 bits per heavy atom. The van der Waals surface area contributed by atoms with Crippen molar-refractivity contribution in [2.24, 2.45) is 7.05 Å². The van der Waals surface area contributed by atoms with Crippen LogP contribution in [0.2, 0.25) is 0 Å². The summed E-state index contributed by atoms with van der Waals surface area (Å²) >= 11 is 3.42. The molecule has 0 aliphatic carbocycles. The van der Waals surface area contributed by atoms with Gasteiger partial charge >= 0.3 is 0 Å². The van der Waals surface area contributed by atoms with Crippen molar-refractivity contribution in [1.29, 1.82) is 0 Å². The molecule has 0 saturated carbocycles. The van der Waals surface area contributed by atoms with Gasteiger partial charge in [0.15, 0.2) is 0 Å². The van der Waals surface area contributed by atoms with Gasteiger partial charge in [0.2, 0.25) is 0 Å². The summed E-state index contributed by atoms with van der Waals surface area (Å²) < 4.78 is 7.45. The summed E-state index contributed by atoms with van der Waals surface area (Å²) in [5, 5.41) is 4.94. The lowest BCUT2D eigenvalue weighted by Gasteiger charge is -2.05. The molecule has 1 heterocycles. The molecule has 0 atom stereocenters. The molecule has 0 saturated heterocycles. The van der Waals surface area contributed by atoms with Gasteiger partial charge in [0.1, 0.15) is 12.4 Å². The van der Waals surface area contributed by atoms with Crippen LogP contribution in [0.3, 0.4) is 0 Å². The molecule has 0 bridgehead atoms. The number of ether oxygens (including phenoxy) is 1. The van der Waals surface area contributed by atoms with Crippen molar-refractivity contribution < 1.29 is 4.74 Å². The maximum Gasteiger partial charge on any atom is 0.120 e. The van der Waals surface area contributed by atoms with Crippen molar-refractivity contribution in [2.75, 3.05) is 0 Å². The number of benzene rings is 1. The second-order valence-corrected chi connectivity index (χ2v) is 4.15. The Balaban J connectivity index is 1.99. The summed E-state index contributed by atoms with van der Waals surface area (Å²) in [5.74, 6) is 0.890. The third-order valence-corrected chi connectivity index (χ3v) is 2.86. The van der Waals surface area contributed by atoms with E-state index in [1.165, 1.54) is 5.56 Å². The van der Waals surface area contributed by atoms with Gasteiger partial charge in [0, 0.05) is 24.1 Å². The highest BCUT2D eigenvalue weighted by Gasteiger charge is 1.99. The van der Waals surface area contributed by atoms with Crippen molar-refractivity contribution in [1.82, 2.24) is 9.78 Å². The number of aromatic nitrogens is 2. The Kier molecular flexibility index (Phi) is 3.62.